The van der Waals surface area contributed by atoms with Gasteiger partial charge in [0.15, 0.2) is 5.96 Å². The maximum absolute atomic E-state index is 4.44. The molecule has 24 heavy (non-hydrogen) atoms. The molecule has 0 saturated heterocycles. The Balaban J connectivity index is 1.54. The van der Waals surface area contributed by atoms with E-state index in [9.17, 15) is 0 Å². The molecule has 0 radical (unpaired) electrons. The Bertz CT molecular complexity index is 721. The molecule has 128 valence electrons. The molecule has 0 unspecified atom stereocenters. The van der Waals surface area contributed by atoms with Gasteiger partial charge < -0.3 is 10.6 Å². The fourth-order valence-electron chi connectivity index (χ4n) is 2.76. The molecule has 2 aromatic rings. The molecule has 1 saturated carbocycles. The molecular weight excluding hydrogens is 384 g/mol. The minimum atomic E-state index is 0.248. The molecule has 1 aromatic carbocycles. The second kappa shape index (κ2) is 7.66. The minimum absolute atomic E-state index is 0.248. The number of hydrogen-bond donors (Lipinski definition) is 2. The van der Waals surface area contributed by atoms with Gasteiger partial charge in [0.05, 0.1) is 6.54 Å². The van der Waals surface area contributed by atoms with Crippen LogP contribution in [0.15, 0.2) is 39.9 Å². The zero-order chi connectivity index (χ0) is 17.0. The van der Waals surface area contributed by atoms with Gasteiger partial charge in [0.1, 0.15) is 5.01 Å². The lowest BCUT2D eigenvalue weighted by atomic mass is 9.96. The van der Waals surface area contributed by atoms with Gasteiger partial charge in [0.25, 0.3) is 0 Å². The zero-order valence-electron chi connectivity index (χ0n) is 14.1. The Morgan fingerprint density at radius 2 is 2.21 bits per heavy atom. The minimum Gasteiger partial charge on any atom is -0.356 e. The highest BCUT2D eigenvalue weighted by molar-refractivity contribution is 9.10. The Kier molecular flexibility index (Phi) is 5.56. The maximum atomic E-state index is 4.44. The quantitative estimate of drug-likeness (QED) is 0.565. The predicted octanol–water partition coefficient (Wildman–Crippen LogP) is 3.86. The van der Waals surface area contributed by atoms with E-state index in [1.807, 2.05) is 13.2 Å². The van der Waals surface area contributed by atoms with Crippen LogP contribution in [-0.2, 0) is 18.4 Å². The molecule has 0 atom stereocenters. The largest absolute Gasteiger partial charge is 0.356 e. The summed E-state index contributed by atoms with van der Waals surface area (Å²) in [5, 5.41) is 7.95. The molecular formula is C18H23BrN4S. The molecule has 1 heterocycles. The molecule has 0 spiro atoms. The lowest BCUT2D eigenvalue weighted by molar-refractivity contribution is 0.645. The van der Waals surface area contributed by atoms with Gasteiger partial charge in [-0.05, 0) is 37.0 Å². The van der Waals surface area contributed by atoms with E-state index in [4.69, 9.17) is 0 Å². The maximum Gasteiger partial charge on any atom is 0.191 e. The van der Waals surface area contributed by atoms with E-state index in [-0.39, 0.29) is 5.41 Å². The highest BCUT2D eigenvalue weighted by Gasteiger charge is 2.44. The van der Waals surface area contributed by atoms with Crippen LogP contribution in [0.25, 0.3) is 0 Å². The van der Waals surface area contributed by atoms with E-state index in [0.717, 1.165) is 28.4 Å². The van der Waals surface area contributed by atoms with Gasteiger partial charge in [-0.2, -0.15) is 0 Å². The van der Waals surface area contributed by atoms with E-state index in [1.54, 1.807) is 11.3 Å². The topological polar surface area (TPSA) is 49.3 Å². The van der Waals surface area contributed by atoms with Crippen LogP contribution in [0, 0.1) is 0 Å². The zero-order valence-corrected chi connectivity index (χ0v) is 16.5. The molecule has 4 nitrogen and oxygen atoms in total. The predicted molar refractivity (Wildman–Crippen MR) is 105 cm³/mol. The third-order valence-electron chi connectivity index (χ3n) is 4.47. The number of aryl methyl sites for hydroxylation is 1. The van der Waals surface area contributed by atoms with Crippen molar-refractivity contribution in [1.29, 1.82) is 0 Å². The van der Waals surface area contributed by atoms with Gasteiger partial charge in [-0.25, -0.2) is 4.98 Å². The number of rotatable bonds is 6. The third-order valence-corrected chi connectivity index (χ3v) is 6.10. The molecule has 1 aliphatic rings. The van der Waals surface area contributed by atoms with Gasteiger partial charge in [0, 0.05) is 34.6 Å². The van der Waals surface area contributed by atoms with Crippen LogP contribution in [0.3, 0.4) is 0 Å². The third kappa shape index (κ3) is 4.16. The summed E-state index contributed by atoms with van der Waals surface area (Å²) in [5.41, 5.74) is 1.64. The number of thiazole rings is 1. The summed E-state index contributed by atoms with van der Waals surface area (Å²) in [6.45, 7) is 3.78. The van der Waals surface area contributed by atoms with Crippen LogP contribution in [0.4, 0.5) is 0 Å². The Labute approximate surface area is 155 Å². The first-order valence-electron chi connectivity index (χ1n) is 8.29. The van der Waals surface area contributed by atoms with Crippen molar-refractivity contribution >= 4 is 33.2 Å². The lowest BCUT2D eigenvalue weighted by Crippen LogP contribution is -2.40. The van der Waals surface area contributed by atoms with Crippen molar-refractivity contribution in [1.82, 2.24) is 15.6 Å². The van der Waals surface area contributed by atoms with E-state index in [0.29, 0.717) is 6.54 Å². The summed E-state index contributed by atoms with van der Waals surface area (Å²) in [5.74, 6) is 0.838. The molecule has 6 heteroatoms. The van der Waals surface area contributed by atoms with E-state index in [2.05, 4.69) is 67.7 Å². The van der Waals surface area contributed by atoms with Crippen LogP contribution in [0.1, 0.15) is 35.2 Å². The molecule has 2 N–H and O–H groups in total. The highest BCUT2D eigenvalue weighted by Crippen LogP contribution is 2.48. The first kappa shape index (κ1) is 17.4. The second-order valence-electron chi connectivity index (χ2n) is 6.14. The number of nitrogens with zero attached hydrogens (tertiary/aromatic N) is 2. The van der Waals surface area contributed by atoms with Gasteiger partial charge in [-0.1, -0.05) is 35.0 Å². The van der Waals surface area contributed by atoms with Crippen molar-refractivity contribution < 1.29 is 0 Å². The van der Waals surface area contributed by atoms with Crippen LogP contribution in [-0.4, -0.2) is 24.5 Å². The Hall–Kier alpha value is -1.40. The average molecular weight is 407 g/mol. The fourth-order valence-corrected chi connectivity index (χ4v) is 3.96. The number of benzene rings is 1. The normalized spacial score (nSPS) is 16.0. The van der Waals surface area contributed by atoms with Gasteiger partial charge >= 0.3 is 0 Å². The van der Waals surface area contributed by atoms with Gasteiger partial charge in [-0.3, -0.25) is 4.99 Å². The smallest absolute Gasteiger partial charge is 0.191 e. The molecule has 1 aromatic heterocycles. The van der Waals surface area contributed by atoms with Crippen LogP contribution >= 0.6 is 27.3 Å². The van der Waals surface area contributed by atoms with Crippen LogP contribution in [0.5, 0.6) is 0 Å². The van der Waals surface area contributed by atoms with E-state index in [1.165, 1.54) is 23.3 Å². The summed E-state index contributed by atoms with van der Waals surface area (Å²) < 4.78 is 1.14. The van der Waals surface area contributed by atoms with Crippen molar-refractivity contribution in [2.75, 3.05) is 13.6 Å². The molecule has 1 fully saturated rings. The SMILES string of the molecule is CCc1cnc(CNC(=NC)NCC2(c3cccc(Br)c3)CC2)s1. The number of halogens is 1. The first-order valence-corrected chi connectivity index (χ1v) is 9.90. The van der Waals surface area contributed by atoms with E-state index >= 15 is 0 Å². The summed E-state index contributed by atoms with van der Waals surface area (Å²) in [6, 6.07) is 8.64. The molecule has 0 aliphatic heterocycles. The highest BCUT2D eigenvalue weighted by atomic mass is 79.9. The van der Waals surface area contributed by atoms with Crippen molar-refractivity contribution in [3.8, 4) is 0 Å². The Morgan fingerprint density at radius 1 is 1.38 bits per heavy atom. The molecule has 1 aliphatic carbocycles. The van der Waals surface area contributed by atoms with Gasteiger partial charge in [-0.15, -0.1) is 11.3 Å². The van der Waals surface area contributed by atoms with Crippen LogP contribution in [0.2, 0.25) is 0 Å². The lowest BCUT2D eigenvalue weighted by Gasteiger charge is -2.19. The van der Waals surface area contributed by atoms with Crippen LogP contribution < -0.4 is 10.6 Å². The average Bonchev–Trinajstić information content (AvgIpc) is 3.25. The number of guanidine groups is 1. The van der Waals surface area contributed by atoms with Gasteiger partial charge in [0.2, 0.25) is 0 Å². The second-order valence-corrected chi connectivity index (χ2v) is 8.26. The van der Waals surface area contributed by atoms with Crippen molar-refractivity contribution in [3.63, 3.8) is 0 Å². The molecule has 0 bridgehead atoms. The molecule has 0 amide bonds. The Morgan fingerprint density at radius 3 is 2.83 bits per heavy atom. The monoisotopic (exact) mass is 406 g/mol. The number of aliphatic imine (C=N–C) groups is 1. The summed E-state index contributed by atoms with van der Waals surface area (Å²) in [7, 11) is 1.81. The number of nitrogens with one attached hydrogen (secondary N) is 2. The number of hydrogen-bond acceptors (Lipinski definition) is 3. The number of aromatic nitrogens is 1. The van der Waals surface area contributed by atoms with Crippen molar-refractivity contribution in [3.05, 3.63) is 50.4 Å². The standard InChI is InChI=1S/C18H23BrN4S/c1-3-15-10-21-16(24-15)11-22-17(20-2)23-12-18(7-8-18)13-5-4-6-14(19)9-13/h4-6,9-10H,3,7-8,11-12H2,1-2H3,(H2,20,22,23). The van der Waals surface area contributed by atoms with E-state index < -0.39 is 0 Å². The summed E-state index contributed by atoms with van der Waals surface area (Å²) >= 11 is 5.33. The molecule has 3 rings (SSSR count). The van der Waals surface area contributed by atoms with Crippen molar-refractivity contribution in [2.24, 2.45) is 4.99 Å². The summed E-state index contributed by atoms with van der Waals surface area (Å²) in [4.78, 5) is 10.1. The first-order chi connectivity index (χ1) is 11.6. The van der Waals surface area contributed by atoms with Crippen molar-refractivity contribution in [2.45, 2.75) is 38.1 Å². The fraction of sp³-hybridized carbons (Fsp3) is 0.444. The summed E-state index contributed by atoms with van der Waals surface area (Å²) in [6.07, 6.45) is 5.45.